The Hall–Kier alpha value is -1.79. The van der Waals surface area contributed by atoms with Gasteiger partial charge in [-0.2, -0.15) is 0 Å². The van der Waals surface area contributed by atoms with Crippen molar-refractivity contribution in [3.63, 3.8) is 0 Å². The maximum atomic E-state index is 13.4. The van der Waals surface area contributed by atoms with Crippen molar-refractivity contribution in [2.24, 2.45) is 22.7 Å². The maximum absolute atomic E-state index is 13.4. The van der Waals surface area contributed by atoms with Gasteiger partial charge < -0.3 is 20.3 Å². The molecule has 0 aromatic heterocycles. The average molecular weight is 384 g/mol. The summed E-state index contributed by atoms with van der Waals surface area (Å²) in [6.07, 6.45) is 0. The van der Waals surface area contributed by atoms with E-state index in [0.29, 0.717) is 6.54 Å². The maximum Gasteiger partial charge on any atom is 0.328 e. The van der Waals surface area contributed by atoms with Crippen molar-refractivity contribution in [2.45, 2.75) is 73.0 Å². The van der Waals surface area contributed by atoms with Gasteiger partial charge >= 0.3 is 12.0 Å². The summed E-state index contributed by atoms with van der Waals surface area (Å²) < 4.78 is 4.98. The number of methoxy groups -OCH3 is 1. The lowest BCUT2D eigenvalue weighted by Gasteiger charge is -2.37. The summed E-state index contributed by atoms with van der Waals surface area (Å²) in [5, 5.41) is 5.66. The van der Waals surface area contributed by atoms with Crippen LogP contribution in [0.4, 0.5) is 4.79 Å². The zero-order chi connectivity index (χ0) is 20.9. The van der Waals surface area contributed by atoms with Gasteiger partial charge in [0.2, 0.25) is 5.91 Å². The molecule has 1 saturated carbocycles. The van der Waals surface area contributed by atoms with Gasteiger partial charge in [0, 0.05) is 18.0 Å². The Morgan fingerprint density at radius 2 is 1.74 bits per heavy atom. The van der Waals surface area contributed by atoms with Gasteiger partial charge in [0.1, 0.15) is 12.1 Å². The molecule has 0 aromatic rings. The molecule has 1 aliphatic heterocycles. The Bertz CT molecular complexity index is 630. The number of carbonyl (C=O) groups is 3. The van der Waals surface area contributed by atoms with Crippen LogP contribution in [0.1, 0.15) is 55.4 Å². The first-order chi connectivity index (χ1) is 12.1. The highest BCUT2D eigenvalue weighted by molar-refractivity contribution is 5.92. The van der Waals surface area contributed by atoms with Crippen LogP contribution in [0.25, 0.3) is 0 Å². The van der Waals surface area contributed by atoms with Crippen molar-refractivity contribution in [1.29, 1.82) is 0 Å². The highest BCUT2D eigenvalue weighted by Crippen LogP contribution is 2.65. The third-order valence-corrected chi connectivity index (χ3v) is 5.81. The molecular weight excluding hydrogens is 348 g/mol. The molecule has 2 N–H and O–H groups in total. The van der Waals surface area contributed by atoms with Gasteiger partial charge in [-0.1, -0.05) is 34.6 Å². The minimum Gasteiger partial charge on any atom is -0.467 e. The van der Waals surface area contributed by atoms with Gasteiger partial charge in [-0.05, 0) is 37.5 Å². The predicted octanol–water partition coefficient (Wildman–Crippen LogP) is 2.15. The van der Waals surface area contributed by atoms with E-state index < -0.39 is 29.1 Å². The Kier molecular flexibility index (Phi) is 5.32. The second-order valence-electron chi connectivity index (χ2n) is 10.6. The molecule has 1 saturated heterocycles. The second kappa shape index (κ2) is 6.67. The van der Waals surface area contributed by atoms with E-state index in [-0.39, 0.29) is 29.1 Å². The summed E-state index contributed by atoms with van der Waals surface area (Å²) in [4.78, 5) is 39.8. The largest absolute Gasteiger partial charge is 0.467 e. The minimum absolute atomic E-state index is 0.0317. The molecule has 3 amide bonds. The summed E-state index contributed by atoms with van der Waals surface area (Å²) in [5.74, 6) is -0.217. The van der Waals surface area contributed by atoms with Crippen molar-refractivity contribution < 1.29 is 19.1 Å². The van der Waals surface area contributed by atoms with Crippen molar-refractivity contribution in [1.82, 2.24) is 15.5 Å². The number of rotatable bonds is 3. The van der Waals surface area contributed by atoms with Gasteiger partial charge in [0.05, 0.1) is 7.11 Å². The molecule has 0 unspecified atom stereocenters. The van der Waals surface area contributed by atoms with E-state index in [9.17, 15) is 14.4 Å². The van der Waals surface area contributed by atoms with E-state index in [2.05, 4.69) is 24.5 Å². The lowest BCUT2D eigenvalue weighted by Crippen LogP contribution is -2.60. The van der Waals surface area contributed by atoms with Crippen molar-refractivity contribution in [2.75, 3.05) is 13.7 Å². The van der Waals surface area contributed by atoms with Crippen molar-refractivity contribution >= 4 is 17.9 Å². The van der Waals surface area contributed by atoms with Gasteiger partial charge in [0.15, 0.2) is 0 Å². The molecule has 2 fully saturated rings. The lowest BCUT2D eigenvalue weighted by atomic mass is 9.92. The smallest absolute Gasteiger partial charge is 0.328 e. The summed E-state index contributed by atoms with van der Waals surface area (Å²) >= 11 is 0. The average Bonchev–Trinajstić information content (AvgIpc) is 2.85. The second-order valence-corrected chi connectivity index (χ2v) is 10.6. The van der Waals surface area contributed by atoms with Crippen LogP contribution in [0.5, 0.6) is 0 Å². The molecular formula is C20H35N3O4. The molecule has 2 aliphatic rings. The van der Waals surface area contributed by atoms with Crippen LogP contribution < -0.4 is 10.6 Å². The number of nitrogens with one attached hydrogen (secondary N) is 2. The molecule has 2 rings (SSSR count). The minimum atomic E-state index is -0.743. The first-order valence-electron chi connectivity index (χ1n) is 9.58. The Balaban J connectivity index is 2.23. The number of amides is 3. The fraction of sp³-hybridized carbons (Fsp3) is 0.850. The summed E-state index contributed by atoms with van der Waals surface area (Å²) in [6.45, 7) is 16.1. The van der Waals surface area contributed by atoms with Crippen LogP contribution >= 0.6 is 0 Å². The van der Waals surface area contributed by atoms with Gasteiger partial charge in [-0.3, -0.25) is 4.79 Å². The lowest BCUT2D eigenvalue weighted by molar-refractivity contribution is -0.154. The molecule has 27 heavy (non-hydrogen) atoms. The van der Waals surface area contributed by atoms with Gasteiger partial charge in [0.25, 0.3) is 0 Å². The Morgan fingerprint density at radius 3 is 2.19 bits per heavy atom. The standard InChI is InChI=1S/C20H35N3O4/c1-18(2,3)14(21-17(26)22-19(4,5)6)15(24)23-10-11-12(20(11,7)8)13(23)16(25)27-9/h11-14H,10H2,1-9H3,(H2,21,22,26)/t11-,12-,13-,14+/m0/s1/i15+2. The SMILES string of the molecule is COC(=O)[C@@H]1[C@@H]2[C@H](CN1[14C](=O)[C@@H](NC(=O)NC(C)(C)C)C(C)(C)C)C2(C)C. The molecule has 0 spiro atoms. The van der Waals surface area contributed by atoms with E-state index in [1.54, 1.807) is 4.90 Å². The monoisotopic (exact) mass is 383 g/mol. The van der Waals surface area contributed by atoms with Crippen LogP contribution in [0.2, 0.25) is 0 Å². The molecule has 0 bridgehead atoms. The van der Waals surface area contributed by atoms with E-state index in [1.807, 2.05) is 41.5 Å². The molecule has 7 heteroatoms. The van der Waals surface area contributed by atoms with E-state index in [4.69, 9.17) is 4.74 Å². The molecule has 4 atom stereocenters. The molecule has 0 aromatic carbocycles. The van der Waals surface area contributed by atoms with Crippen molar-refractivity contribution in [3.8, 4) is 0 Å². The van der Waals surface area contributed by atoms with Crippen LogP contribution in [0.15, 0.2) is 0 Å². The fourth-order valence-electron chi connectivity index (χ4n) is 4.23. The highest BCUT2D eigenvalue weighted by Gasteiger charge is 2.70. The van der Waals surface area contributed by atoms with Crippen LogP contribution in [-0.4, -0.2) is 54.1 Å². The van der Waals surface area contributed by atoms with Crippen LogP contribution in [0, 0.1) is 22.7 Å². The Morgan fingerprint density at radius 1 is 1.19 bits per heavy atom. The zero-order valence-electron chi connectivity index (χ0n) is 18.1. The first kappa shape index (κ1) is 21.5. The van der Waals surface area contributed by atoms with Gasteiger partial charge in [-0.15, -0.1) is 0 Å². The number of esters is 1. The number of hydrogen-bond donors (Lipinski definition) is 2. The van der Waals surface area contributed by atoms with Gasteiger partial charge in [-0.25, -0.2) is 9.59 Å². The number of piperidine rings is 1. The molecule has 154 valence electrons. The summed E-state index contributed by atoms with van der Waals surface area (Å²) in [6, 6.07) is -1.72. The third kappa shape index (κ3) is 4.22. The third-order valence-electron chi connectivity index (χ3n) is 5.81. The Labute approximate surface area is 162 Å². The molecule has 1 heterocycles. The van der Waals surface area contributed by atoms with Crippen molar-refractivity contribution in [3.05, 3.63) is 0 Å². The van der Waals surface area contributed by atoms with Crippen LogP contribution in [-0.2, 0) is 14.3 Å². The van der Waals surface area contributed by atoms with E-state index in [1.165, 1.54) is 7.11 Å². The normalized spacial score (nSPS) is 27.4. The predicted molar refractivity (Wildman–Crippen MR) is 103 cm³/mol. The first-order valence-corrected chi connectivity index (χ1v) is 9.58. The highest BCUT2D eigenvalue weighted by atomic mass is 16.5. The summed E-state index contributed by atoms with van der Waals surface area (Å²) in [7, 11) is 1.35. The molecule has 7 nitrogen and oxygen atoms in total. The number of urea groups is 1. The fourth-order valence-corrected chi connectivity index (χ4v) is 4.23. The summed E-state index contributed by atoms with van der Waals surface area (Å²) in [5.41, 5.74) is -0.886. The van der Waals surface area contributed by atoms with E-state index >= 15 is 0 Å². The number of nitrogens with zero attached hydrogens (tertiary/aromatic N) is 1. The topological polar surface area (TPSA) is 87.7 Å². The number of likely N-dealkylation sites (tertiary alicyclic amines) is 1. The van der Waals surface area contributed by atoms with E-state index in [0.717, 1.165) is 0 Å². The number of hydrogen-bond acceptors (Lipinski definition) is 4. The van der Waals surface area contributed by atoms with Crippen LogP contribution in [0.3, 0.4) is 0 Å². The molecule has 0 radical (unpaired) electrons. The quantitative estimate of drug-likeness (QED) is 0.731. The zero-order valence-corrected chi connectivity index (χ0v) is 18.1. The number of ether oxygens (including phenoxy) is 1. The number of carbonyl (C=O) groups excluding carboxylic acids is 3. The number of fused-ring (bicyclic) bond motifs is 1. The molecule has 1 aliphatic carbocycles.